The summed E-state index contributed by atoms with van der Waals surface area (Å²) < 4.78 is 18.0. The Kier molecular flexibility index (Phi) is 2.81. The van der Waals surface area contributed by atoms with Crippen LogP contribution in [-0.4, -0.2) is 5.91 Å². The minimum atomic E-state index is -0.547. The number of hydrogen-bond acceptors (Lipinski definition) is 3. The molecule has 1 aliphatic rings. The lowest BCUT2D eigenvalue weighted by Gasteiger charge is -2.07. The first-order valence-electron chi connectivity index (χ1n) is 6.13. The van der Waals surface area contributed by atoms with Crippen LogP contribution in [0.5, 0.6) is 0 Å². The molecule has 5 heteroatoms. The molecule has 1 aromatic heterocycles. The van der Waals surface area contributed by atoms with Gasteiger partial charge in [-0.05, 0) is 30.5 Å². The molecule has 3 rings (SSSR count). The van der Waals surface area contributed by atoms with E-state index in [9.17, 15) is 14.0 Å². The zero-order valence-electron chi connectivity index (χ0n) is 10.1. The van der Waals surface area contributed by atoms with E-state index in [2.05, 4.69) is 5.32 Å². The van der Waals surface area contributed by atoms with E-state index in [0.717, 1.165) is 12.8 Å². The van der Waals surface area contributed by atoms with E-state index in [0.29, 0.717) is 10.9 Å². The van der Waals surface area contributed by atoms with Crippen molar-refractivity contribution in [2.45, 2.75) is 19.4 Å². The Bertz CT molecular complexity index is 703. The third-order valence-electron chi connectivity index (χ3n) is 3.19. The summed E-state index contributed by atoms with van der Waals surface area (Å²) in [5.74, 6) is -0.345. The van der Waals surface area contributed by atoms with E-state index in [1.807, 2.05) is 0 Å². The van der Waals surface area contributed by atoms with Gasteiger partial charge in [-0.25, -0.2) is 9.18 Å². The normalized spacial score (nSPS) is 14.6. The maximum Gasteiger partial charge on any atom is 0.336 e. The minimum absolute atomic E-state index is 0.00324. The molecule has 0 spiro atoms. The number of carbonyl (C=O) groups is 1. The van der Waals surface area contributed by atoms with Crippen LogP contribution in [0, 0.1) is 11.7 Å². The summed E-state index contributed by atoms with van der Waals surface area (Å²) in [5.41, 5.74) is 0.289. The number of fused-ring (bicyclic) bond motifs is 1. The molecule has 0 atom stereocenters. The molecule has 2 aromatic rings. The first-order chi connectivity index (χ1) is 9.13. The van der Waals surface area contributed by atoms with Crippen LogP contribution in [0.1, 0.15) is 18.4 Å². The average molecular weight is 261 g/mol. The van der Waals surface area contributed by atoms with Crippen LogP contribution in [0.25, 0.3) is 11.0 Å². The molecule has 1 aliphatic carbocycles. The summed E-state index contributed by atoms with van der Waals surface area (Å²) in [7, 11) is 0. The Labute approximate surface area is 108 Å². The van der Waals surface area contributed by atoms with Crippen LogP contribution in [0.3, 0.4) is 0 Å². The van der Waals surface area contributed by atoms with Crippen LogP contribution < -0.4 is 10.9 Å². The third-order valence-corrected chi connectivity index (χ3v) is 3.19. The highest BCUT2D eigenvalue weighted by molar-refractivity contribution is 5.83. The van der Waals surface area contributed by atoms with Gasteiger partial charge in [0.05, 0.1) is 0 Å². The van der Waals surface area contributed by atoms with Crippen LogP contribution in [0.15, 0.2) is 33.5 Å². The summed E-state index contributed by atoms with van der Waals surface area (Å²) in [6, 6.07) is 5.34. The predicted molar refractivity (Wildman–Crippen MR) is 67.0 cm³/mol. The second-order valence-electron chi connectivity index (χ2n) is 4.72. The fourth-order valence-corrected chi connectivity index (χ4v) is 2.02. The molecule has 0 unspecified atom stereocenters. The molecule has 1 heterocycles. The molecule has 1 N–H and O–H groups in total. The van der Waals surface area contributed by atoms with Crippen molar-refractivity contribution in [3.8, 4) is 0 Å². The molecule has 4 nitrogen and oxygen atoms in total. The van der Waals surface area contributed by atoms with E-state index in [4.69, 9.17) is 4.42 Å². The number of nitrogens with one attached hydrogen (secondary N) is 1. The number of carbonyl (C=O) groups excluding carboxylic acids is 1. The van der Waals surface area contributed by atoms with Gasteiger partial charge in [-0.1, -0.05) is 0 Å². The first kappa shape index (κ1) is 11.9. The zero-order chi connectivity index (χ0) is 13.4. The van der Waals surface area contributed by atoms with E-state index >= 15 is 0 Å². The van der Waals surface area contributed by atoms with Gasteiger partial charge in [0.2, 0.25) is 5.91 Å². The highest BCUT2D eigenvalue weighted by atomic mass is 19.1. The summed E-state index contributed by atoms with van der Waals surface area (Å²) in [5, 5.41) is 3.42. The Morgan fingerprint density at radius 1 is 1.37 bits per heavy atom. The number of hydrogen-bond donors (Lipinski definition) is 1. The van der Waals surface area contributed by atoms with Gasteiger partial charge in [-0.15, -0.1) is 0 Å². The molecule has 0 bridgehead atoms. The number of amides is 1. The summed E-state index contributed by atoms with van der Waals surface area (Å²) in [4.78, 5) is 23.0. The van der Waals surface area contributed by atoms with Gasteiger partial charge in [-0.2, -0.15) is 0 Å². The van der Waals surface area contributed by atoms with Crippen LogP contribution in [-0.2, 0) is 11.3 Å². The van der Waals surface area contributed by atoms with Crippen molar-refractivity contribution in [2.75, 3.05) is 0 Å². The van der Waals surface area contributed by atoms with Crippen LogP contribution >= 0.6 is 0 Å². The average Bonchev–Trinajstić information content (AvgIpc) is 3.18. The van der Waals surface area contributed by atoms with Gasteiger partial charge >= 0.3 is 5.63 Å². The van der Waals surface area contributed by atoms with Gasteiger partial charge in [-0.3, -0.25) is 4.79 Å². The standard InChI is InChI=1S/C14H12FNO3/c15-10-3-4-11-9(5-13(17)19-12(11)6-10)7-16-14(18)8-1-2-8/h3-6,8H,1-2,7H2,(H,16,18). The van der Waals surface area contributed by atoms with E-state index < -0.39 is 11.4 Å². The molecule has 1 fully saturated rings. The van der Waals surface area contributed by atoms with E-state index in [1.54, 1.807) is 6.07 Å². The maximum atomic E-state index is 13.1. The number of halogens is 1. The smallest absolute Gasteiger partial charge is 0.336 e. The largest absolute Gasteiger partial charge is 0.423 e. The highest BCUT2D eigenvalue weighted by Gasteiger charge is 2.29. The van der Waals surface area contributed by atoms with Crippen molar-refractivity contribution in [3.05, 3.63) is 46.1 Å². The van der Waals surface area contributed by atoms with Gasteiger partial charge in [0.15, 0.2) is 0 Å². The molecular weight excluding hydrogens is 249 g/mol. The fraction of sp³-hybridized carbons (Fsp3) is 0.286. The summed E-state index contributed by atoms with van der Waals surface area (Å²) in [6.45, 7) is 0.253. The monoisotopic (exact) mass is 261 g/mol. The number of rotatable bonds is 3. The van der Waals surface area contributed by atoms with Crippen molar-refractivity contribution in [1.29, 1.82) is 0 Å². The molecule has 98 valence electrons. The number of benzene rings is 1. The van der Waals surface area contributed by atoms with Gasteiger partial charge in [0.1, 0.15) is 11.4 Å². The van der Waals surface area contributed by atoms with E-state index in [1.165, 1.54) is 18.2 Å². The predicted octanol–water partition coefficient (Wildman–Crippen LogP) is 1.96. The summed E-state index contributed by atoms with van der Waals surface area (Å²) >= 11 is 0. The molecule has 0 aliphatic heterocycles. The lowest BCUT2D eigenvalue weighted by Crippen LogP contribution is -2.24. The van der Waals surface area contributed by atoms with Crippen molar-refractivity contribution in [3.63, 3.8) is 0 Å². The van der Waals surface area contributed by atoms with Gasteiger partial charge in [0, 0.05) is 30.0 Å². The lowest BCUT2D eigenvalue weighted by atomic mass is 10.1. The second-order valence-corrected chi connectivity index (χ2v) is 4.72. The Hall–Kier alpha value is -2.17. The van der Waals surface area contributed by atoms with Crippen molar-refractivity contribution >= 4 is 16.9 Å². The zero-order valence-corrected chi connectivity index (χ0v) is 10.1. The minimum Gasteiger partial charge on any atom is -0.423 e. The fourth-order valence-electron chi connectivity index (χ4n) is 2.02. The summed E-state index contributed by atoms with van der Waals surface area (Å²) in [6.07, 6.45) is 1.85. The third kappa shape index (κ3) is 2.50. The highest BCUT2D eigenvalue weighted by Crippen LogP contribution is 2.29. The first-order valence-corrected chi connectivity index (χ1v) is 6.13. The molecule has 1 saturated carbocycles. The van der Waals surface area contributed by atoms with E-state index in [-0.39, 0.29) is 24.0 Å². The second kappa shape index (κ2) is 4.50. The SMILES string of the molecule is O=C(NCc1cc(=O)oc2cc(F)ccc12)C1CC1. The van der Waals surface area contributed by atoms with Crippen molar-refractivity contribution in [1.82, 2.24) is 5.32 Å². The molecule has 1 aromatic carbocycles. The molecule has 0 radical (unpaired) electrons. The van der Waals surface area contributed by atoms with Crippen LogP contribution in [0.2, 0.25) is 0 Å². The molecule has 19 heavy (non-hydrogen) atoms. The quantitative estimate of drug-likeness (QED) is 0.859. The molecule has 0 saturated heterocycles. The Morgan fingerprint density at radius 2 is 2.16 bits per heavy atom. The Morgan fingerprint density at radius 3 is 2.89 bits per heavy atom. The lowest BCUT2D eigenvalue weighted by molar-refractivity contribution is -0.122. The maximum absolute atomic E-state index is 13.1. The molecular formula is C14H12FNO3. The van der Waals surface area contributed by atoms with Gasteiger partial charge < -0.3 is 9.73 Å². The van der Waals surface area contributed by atoms with Crippen molar-refractivity contribution < 1.29 is 13.6 Å². The van der Waals surface area contributed by atoms with Crippen molar-refractivity contribution in [2.24, 2.45) is 5.92 Å². The van der Waals surface area contributed by atoms with Gasteiger partial charge in [0.25, 0.3) is 0 Å². The van der Waals surface area contributed by atoms with Crippen LogP contribution in [0.4, 0.5) is 4.39 Å². The Balaban J connectivity index is 1.92. The molecule has 1 amide bonds. The topological polar surface area (TPSA) is 59.3 Å².